The Kier molecular flexibility index (Phi) is 5.03. The lowest BCUT2D eigenvalue weighted by Gasteiger charge is -2.30. The van der Waals surface area contributed by atoms with Gasteiger partial charge in [0.15, 0.2) is 0 Å². The van der Waals surface area contributed by atoms with E-state index in [1.54, 1.807) is 7.11 Å². The summed E-state index contributed by atoms with van der Waals surface area (Å²) in [5.41, 5.74) is 1.15. The van der Waals surface area contributed by atoms with Crippen LogP contribution >= 0.6 is 0 Å². The third-order valence-electron chi connectivity index (χ3n) is 4.87. The van der Waals surface area contributed by atoms with Gasteiger partial charge in [-0.15, -0.1) is 0 Å². The van der Waals surface area contributed by atoms with Gasteiger partial charge in [0.05, 0.1) is 7.11 Å². The van der Waals surface area contributed by atoms with Gasteiger partial charge >= 0.3 is 0 Å². The molecule has 0 saturated heterocycles. The predicted molar refractivity (Wildman–Crippen MR) is 80.6 cm³/mol. The molecule has 0 aliphatic heterocycles. The zero-order valence-corrected chi connectivity index (χ0v) is 12.8. The maximum absolute atomic E-state index is 14.0. The van der Waals surface area contributed by atoms with Gasteiger partial charge in [-0.2, -0.15) is 0 Å². The molecule has 2 nitrogen and oxygen atoms in total. The number of rotatable bonds is 6. The standard InChI is InChI=1S/C17H26FNO/c1-4-17(9-5-6-10-17)12-19-13(2)15-8-7-14(20-3)11-16(15)18/h7-8,11,13,19H,4-6,9-10,12H2,1-3H3. The molecular weight excluding hydrogens is 253 g/mol. The van der Waals surface area contributed by atoms with Crippen molar-refractivity contribution in [1.82, 2.24) is 5.32 Å². The summed E-state index contributed by atoms with van der Waals surface area (Å²) >= 11 is 0. The zero-order chi connectivity index (χ0) is 14.6. The highest BCUT2D eigenvalue weighted by atomic mass is 19.1. The van der Waals surface area contributed by atoms with Crippen molar-refractivity contribution in [2.75, 3.05) is 13.7 Å². The SMILES string of the molecule is CCC1(CNC(C)c2ccc(OC)cc2F)CCCC1. The van der Waals surface area contributed by atoms with Crippen molar-refractivity contribution in [2.24, 2.45) is 5.41 Å². The van der Waals surface area contributed by atoms with E-state index in [9.17, 15) is 4.39 Å². The molecule has 1 aromatic carbocycles. The molecule has 1 atom stereocenters. The predicted octanol–water partition coefficient (Wildman–Crippen LogP) is 4.46. The number of hydrogen-bond acceptors (Lipinski definition) is 2. The fourth-order valence-electron chi connectivity index (χ4n) is 3.25. The van der Waals surface area contributed by atoms with Gasteiger partial charge in [-0.25, -0.2) is 4.39 Å². The monoisotopic (exact) mass is 279 g/mol. The first-order valence-corrected chi connectivity index (χ1v) is 7.67. The Hall–Kier alpha value is -1.09. The minimum Gasteiger partial charge on any atom is -0.497 e. The third kappa shape index (κ3) is 3.32. The van der Waals surface area contributed by atoms with Crippen LogP contribution in [0.1, 0.15) is 57.6 Å². The van der Waals surface area contributed by atoms with Crippen molar-refractivity contribution >= 4 is 0 Å². The second-order valence-corrected chi connectivity index (χ2v) is 6.05. The lowest BCUT2D eigenvalue weighted by atomic mass is 9.83. The molecule has 0 amide bonds. The Morgan fingerprint density at radius 3 is 2.60 bits per heavy atom. The van der Waals surface area contributed by atoms with Crippen LogP contribution in [0.4, 0.5) is 4.39 Å². The maximum atomic E-state index is 14.0. The molecule has 1 saturated carbocycles. The number of halogens is 1. The highest BCUT2D eigenvalue weighted by Gasteiger charge is 2.32. The van der Waals surface area contributed by atoms with Crippen LogP contribution in [0.3, 0.4) is 0 Å². The van der Waals surface area contributed by atoms with Crippen molar-refractivity contribution in [3.8, 4) is 5.75 Å². The highest BCUT2D eigenvalue weighted by Crippen LogP contribution is 2.40. The largest absolute Gasteiger partial charge is 0.497 e. The molecule has 1 N–H and O–H groups in total. The molecular formula is C17H26FNO. The van der Waals surface area contributed by atoms with E-state index in [0.29, 0.717) is 11.2 Å². The van der Waals surface area contributed by atoms with Crippen LogP contribution < -0.4 is 10.1 Å². The van der Waals surface area contributed by atoms with E-state index < -0.39 is 0 Å². The van der Waals surface area contributed by atoms with Crippen molar-refractivity contribution in [3.05, 3.63) is 29.6 Å². The summed E-state index contributed by atoms with van der Waals surface area (Å²) < 4.78 is 19.1. The molecule has 3 heteroatoms. The minimum atomic E-state index is -0.193. The first-order chi connectivity index (χ1) is 9.60. The molecule has 1 unspecified atom stereocenters. The Morgan fingerprint density at radius 2 is 2.05 bits per heavy atom. The van der Waals surface area contributed by atoms with Crippen molar-refractivity contribution in [3.63, 3.8) is 0 Å². The van der Waals surface area contributed by atoms with E-state index >= 15 is 0 Å². The number of ether oxygens (including phenoxy) is 1. The topological polar surface area (TPSA) is 21.3 Å². The molecule has 0 spiro atoms. The normalized spacial score (nSPS) is 19.0. The van der Waals surface area contributed by atoms with Crippen LogP contribution in [0.15, 0.2) is 18.2 Å². The molecule has 112 valence electrons. The van der Waals surface area contributed by atoms with Gasteiger partial charge in [0.1, 0.15) is 11.6 Å². The molecule has 20 heavy (non-hydrogen) atoms. The summed E-state index contributed by atoms with van der Waals surface area (Å²) in [5, 5.41) is 3.53. The Bertz CT molecular complexity index is 441. The number of benzene rings is 1. The summed E-state index contributed by atoms with van der Waals surface area (Å²) in [6.07, 6.45) is 6.47. The minimum absolute atomic E-state index is 0.0323. The molecule has 2 rings (SSSR count). The number of methoxy groups -OCH3 is 1. The van der Waals surface area contributed by atoms with Gasteiger partial charge in [-0.05, 0) is 37.7 Å². The molecule has 1 aliphatic carbocycles. The van der Waals surface area contributed by atoms with Gasteiger partial charge in [-0.1, -0.05) is 25.8 Å². The Labute approximate surface area is 121 Å². The van der Waals surface area contributed by atoms with Crippen LogP contribution in [0.2, 0.25) is 0 Å². The average molecular weight is 279 g/mol. The van der Waals surface area contributed by atoms with E-state index in [2.05, 4.69) is 12.2 Å². The molecule has 0 heterocycles. The molecule has 0 bridgehead atoms. The maximum Gasteiger partial charge on any atom is 0.131 e. The fourth-order valence-corrected chi connectivity index (χ4v) is 3.25. The first kappa shape index (κ1) is 15.3. The Morgan fingerprint density at radius 1 is 1.35 bits per heavy atom. The summed E-state index contributed by atoms with van der Waals surface area (Å²) in [7, 11) is 1.56. The third-order valence-corrected chi connectivity index (χ3v) is 4.87. The lowest BCUT2D eigenvalue weighted by molar-refractivity contribution is 0.258. The summed E-state index contributed by atoms with van der Waals surface area (Å²) in [5.74, 6) is 0.376. The number of nitrogens with one attached hydrogen (secondary N) is 1. The summed E-state index contributed by atoms with van der Waals surface area (Å²) in [6.45, 7) is 5.28. The lowest BCUT2D eigenvalue weighted by Crippen LogP contribution is -2.33. The van der Waals surface area contributed by atoms with E-state index in [1.807, 2.05) is 19.1 Å². The average Bonchev–Trinajstić information content (AvgIpc) is 2.94. The summed E-state index contributed by atoms with van der Waals surface area (Å²) in [6, 6.07) is 5.13. The van der Waals surface area contributed by atoms with Crippen LogP contribution in [0.25, 0.3) is 0 Å². The molecule has 1 aromatic rings. The first-order valence-electron chi connectivity index (χ1n) is 7.67. The fraction of sp³-hybridized carbons (Fsp3) is 0.647. The second kappa shape index (κ2) is 6.57. The van der Waals surface area contributed by atoms with Gasteiger partial charge in [0.2, 0.25) is 0 Å². The van der Waals surface area contributed by atoms with Crippen molar-refractivity contribution < 1.29 is 9.13 Å². The van der Waals surface area contributed by atoms with Crippen LogP contribution in [-0.4, -0.2) is 13.7 Å². The van der Waals surface area contributed by atoms with Crippen molar-refractivity contribution in [1.29, 1.82) is 0 Å². The van der Waals surface area contributed by atoms with E-state index in [-0.39, 0.29) is 11.9 Å². The molecule has 0 radical (unpaired) electrons. The van der Waals surface area contributed by atoms with E-state index in [1.165, 1.54) is 38.2 Å². The number of hydrogen-bond donors (Lipinski definition) is 1. The molecule has 0 aromatic heterocycles. The van der Waals surface area contributed by atoms with Crippen LogP contribution in [-0.2, 0) is 0 Å². The molecule has 1 aliphatic rings. The second-order valence-electron chi connectivity index (χ2n) is 6.05. The molecule has 1 fully saturated rings. The van der Waals surface area contributed by atoms with E-state index in [0.717, 1.165) is 12.1 Å². The highest BCUT2D eigenvalue weighted by molar-refractivity contribution is 5.30. The smallest absolute Gasteiger partial charge is 0.131 e. The van der Waals surface area contributed by atoms with E-state index in [4.69, 9.17) is 4.74 Å². The van der Waals surface area contributed by atoms with Crippen LogP contribution in [0.5, 0.6) is 5.75 Å². The zero-order valence-electron chi connectivity index (χ0n) is 12.8. The van der Waals surface area contributed by atoms with Gasteiger partial charge in [0, 0.05) is 24.2 Å². The van der Waals surface area contributed by atoms with Gasteiger partial charge in [0.25, 0.3) is 0 Å². The van der Waals surface area contributed by atoms with Crippen LogP contribution in [0, 0.1) is 11.2 Å². The van der Waals surface area contributed by atoms with Gasteiger partial charge in [-0.3, -0.25) is 0 Å². The Balaban J connectivity index is 1.99. The van der Waals surface area contributed by atoms with Gasteiger partial charge < -0.3 is 10.1 Å². The quantitative estimate of drug-likeness (QED) is 0.830. The van der Waals surface area contributed by atoms with Crippen molar-refractivity contribution in [2.45, 2.75) is 52.0 Å². The summed E-state index contributed by atoms with van der Waals surface area (Å²) in [4.78, 5) is 0.